The number of carbonyl (C=O) groups excluding carboxylic acids is 1. The lowest BCUT2D eigenvalue weighted by atomic mass is 9.96. The van der Waals surface area contributed by atoms with Gasteiger partial charge in [-0.1, -0.05) is 6.07 Å². The van der Waals surface area contributed by atoms with Gasteiger partial charge in [-0.15, -0.1) is 0 Å². The second kappa shape index (κ2) is 4.96. The van der Waals surface area contributed by atoms with Crippen molar-refractivity contribution in [3.63, 3.8) is 0 Å². The molecule has 1 amide bonds. The van der Waals surface area contributed by atoms with Gasteiger partial charge in [0, 0.05) is 12.1 Å². The number of likely N-dealkylation sites (tertiary alicyclic amines) is 1. The van der Waals surface area contributed by atoms with Crippen LogP contribution in [0.5, 0.6) is 0 Å². The number of rotatable bonds is 1. The summed E-state index contributed by atoms with van der Waals surface area (Å²) >= 11 is 0. The summed E-state index contributed by atoms with van der Waals surface area (Å²) in [5.41, 5.74) is 5.88. The molecule has 0 aromatic heterocycles. The molecule has 1 aromatic rings. The molecule has 98 valence electrons. The molecule has 1 aliphatic heterocycles. The summed E-state index contributed by atoms with van der Waals surface area (Å²) in [4.78, 5) is 14.3. The highest BCUT2D eigenvalue weighted by Gasteiger charge is 2.30. The van der Waals surface area contributed by atoms with Crippen molar-refractivity contribution in [2.75, 3.05) is 5.73 Å². The largest absolute Gasteiger partial charge is 0.396 e. The number of piperidine rings is 1. The smallest absolute Gasteiger partial charge is 0.256 e. The van der Waals surface area contributed by atoms with Crippen LogP contribution < -0.4 is 5.73 Å². The van der Waals surface area contributed by atoms with Crippen molar-refractivity contribution >= 4 is 11.6 Å². The molecule has 1 heterocycles. The Bertz CT molecular complexity index is 451. The fourth-order valence-corrected chi connectivity index (χ4v) is 2.68. The zero-order chi connectivity index (χ0) is 13.3. The lowest BCUT2D eigenvalue weighted by Gasteiger charge is -2.39. The third-order valence-corrected chi connectivity index (χ3v) is 3.71. The Hall–Kier alpha value is -1.58. The van der Waals surface area contributed by atoms with Gasteiger partial charge >= 0.3 is 0 Å². The number of carbonyl (C=O) groups is 1. The average Bonchev–Trinajstić information content (AvgIpc) is 2.32. The molecule has 0 spiro atoms. The zero-order valence-electron chi connectivity index (χ0n) is 10.8. The predicted molar refractivity (Wildman–Crippen MR) is 69.8 cm³/mol. The molecular weight excluding hydrogens is 231 g/mol. The van der Waals surface area contributed by atoms with E-state index in [4.69, 9.17) is 5.73 Å². The second-order valence-electron chi connectivity index (χ2n) is 5.04. The van der Waals surface area contributed by atoms with Crippen molar-refractivity contribution in [1.82, 2.24) is 4.90 Å². The summed E-state index contributed by atoms with van der Waals surface area (Å²) in [6.45, 7) is 4.06. The number of amides is 1. The quantitative estimate of drug-likeness (QED) is 0.779. The maximum absolute atomic E-state index is 13.4. The van der Waals surface area contributed by atoms with Gasteiger partial charge in [-0.05, 0) is 45.2 Å². The van der Waals surface area contributed by atoms with Crippen LogP contribution in [0.4, 0.5) is 10.1 Å². The van der Waals surface area contributed by atoms with Crippen LogP contribution in [0.3, 0.4) is 0 Å². The van der Waals surface area contributed by atoms with Crippen LogP contribution in [0, 0.1) is 5.82 Å². The second-order valence-corrected chi connectivity index (χ2v) is 5.04. The summed E-state index contributed by atoms with van der Waals surface area (Å²) < 4.78 is 13.4. The van der Waals surface area contributed by atoms with Crippen molar-refractivity contribution in [2.24, 2.45) is 0 Å². The van der Waals surface area contributed by atoms with Gasteiger partial charge in [0.1, 0.15) is 5.82 Å². The Morgan fingerprint density at radius 1 is 1.33 bits per heavy atom. The lowest BCUT2D eigenvalue weighted by Crippen LogP contribution is -2.47. The van der Waals surface area contributed by atoms with Gasteiger partial charge in [0.05, 0.1) is 11.3 Å². The Balaban J connectivity index is 2.32. The highest BCUT2D eigenvalue weighted by atomic mass is 19.1. The highest BCUT2D eigenvalue weighted by molar-refractivity contribution is 5.99. The van der Waals surface area contributed by atoms with Crippen molar-refractivity contribution in [3.8, 4) is 0 Å². The number of benzene rings is 1. The molecule has 0 bridgehead atoms. The van der Waals surface area contributed by atoms with Crippen LogP contribution in [-0.4, -0.2) is 22.9 Å². The minimum Gasteiger partial charge on any atom is -0.396 e. The molecule has 1 aliphatic rings. The van der Waals surface area contributed by atoms with E-state index < -0.39 is 5.82 Å². The normalized spacial score (nSPS) is 24.1. The summed E-state index contributed by atoms with van der Waals surface area (Å²) in [5.74, 6) is -0.690. The lowest BCUT2D eigenvalue weighted by molar-refractivity contribution is 0.0511. The molecule has 4 heteroatoms. The number of nitrogen functional groups attached to an aromatic ring is 1. The van der Waals surface area contributed by atoms with Gasteiger partial charge in [-0.25, -0.2) is 4.39 Å². The summed E-state index contributed by atoms with van der Waals surface area (Å²) in [6.07, 6.45) is 3.11. The molecule has 1 aromatic carbocycles. The van der Waals surface area contributed by atoms with E-state index in [9.17, 15) is 9.18 Å². The first kappa shape index (κ1) is 12.9. The van der Waals surface area contributed by atoms with Gasteiger partial charge < -0.3 is 10.6 Å². The van der Waals surface area contributed by atoms with Crippen molar-refractivity contribution in [3.05, 3.63) is 29.6 Å². The first-order valence-electron chi connectivity index (χ1n) is 6.39. The number of halogens is 1. The number of hydrogen-bond acceptors (Lipinski definition) is 2. The molecule has 0 saturated carbocycles. The molecule has 2 atom stereocenters. The molecule has 18 heavy (non-hydrogen) atoms. The maximum atomic E-state index is 13.4. The number of anilines is 1. The number of nitrogens with two attached hydrogens (primary N) is 1. The van der Waals surface area contributed by atoms with Crippen LogP contribution in [0.15, 0.2) is 18.2 Å². The zero-order valence-corrected chi connectivity index (χ0v) is 10.8. The summed E-state index contributed by atoms with van der Waals surface area (Å²) in [6, 6.07) is 4.76. The summed E-state index contributed by atoms with van der Waals surface area (Å²) in [7, 11) is 0. The molecular formula is C14H19FN2O. The van der Waals surface area contributed by atoms with E-state index in [2.05, 4.69) is 0 Å². The van der Waals surface area contributed by atoms with Crippen molar-refractivity contribution in [1.29, 1.82) is 0 Å². The van der Waals surface area contributed by atoms with Gasteiger partial charge in [-0.2, -0.15) is 0 Å². The van der Waals surface area contributed by atoms with Crippen molar-refractivity contribution < 1.29 is 9.18 Å². The van der Waals surface area contributed by atoms with E-state index in [0.717, 1.165) is 19.3 Å². The Labute approximate surface area is 107 Å². The predicted octanol–water partition coefficient (Wildman–Crippen LogP) is 2.81. The molecule has 1 saturated heterocycles. The third kappa shape index (κ3) is 2.19. The minimum atomic E-state index is -0.529. The minimum absolute atomic E-state index is 0.0486. The van der Waals surface area contributed by atoms with Gasteiger partial charge in [0.15, 0.2) is 0 Å². The SMILES string of the molecule is CC1CCCC(C)N1C(=O)c1cccc(F)c1N. The molecule has 2 N–H and O–H groups in total. The number of nitrogens with zero attached hydrogens (tertiary/aromatic N) is 1. The summed E-state index contributed by atoms with van der Waals surface area (Å²) in [5, 5.41) is 0. The molecule has 3 nitrogen and oxygen atoms in total. The molecule has 0 radical (unpaired) electrons. The highest BCUT2D eigenvalue weighted by Crippen LogP contribution is 2.26. The van der Waals surface area contributed by atoms with Crippen LogP contribution >= 0.6 is 0 Å². The van der Waals surface area contributed by atoms with E-state index in [0.29, 0.717) is 0 Å². The van der Waals surface area contributed by atoms with E-state index >= 15 is 0 Å². The molecule has 2 unspecified atom stereocenters. The van der Waals surface area contributed by atoms with Gasteiger partial charge in [0.2, 0.25) is 0 Å². The topological polar surface area (TPSA) is 46.3 Å². The standard InChI is InChI=1S/C14H19FN2O/c1-9-5-3-6-10(2)17(9)14(18)11-7-4-8-12(15)13(11)16/h4,7-10H,3,5-6,16H2,1-2H3. The fourth-order valence-electron chi connectivity index (χ4n) is 2.68. The van der Waals surface area contributed by atoms with Crippen LogP contribution in [-0.2, 0) is 0 Å². The van der Waals surface area contributed by atoms with Crippen LogP contribution in [0.1, 0.15) is 43.5 Å². The maximum Gasteiger partial charge on any atom is 0.256 e. The average molecular weight is 250 g/mol. The van der Waals surface area contributed by atoms with Gasteiger partial charge in [-0.3, -0.25) is 4.79 Å². The van der Waals surface area contributed by atoms with Gasteiger partial charge in [0.25, 0.3) is 5.91 Å². The number of hydrogen-bond donors (Lipinski definition) is 1. The monoisotopic (exact) mass is 250 g/mol. The van der Waals surface area contributed by atoms with E-state index in [1.54, 1.807) is 6.07 Å². The molecule has 2 rings (SSSR count). The van der Waals surface area contributed by atoms with Crippen LogP contribution in [0.25, 0.3) is 0 Å². The van der Waals surface area contributed by atoms with E-state index in [1.807, 2.05) is 18.7 Å². The van der Waals surface area contributed by atoms with E-state index in [1.165, 1.54) is 12.1 Å². The first-order valence-corrected chi connectivity index (χ1v) is 6.39. The third-order valence-electron chi connectivity index (χ3n) is 3.71. The fraction of sp³-hybridized carbons (Fsp3) is 0.500. The Morgan fingerprint density at radius 2 is 1.94 bits per heavy atom. The molecule has 1 fully saturated rings. The van der Waals surface area contributed by atoms with Crippen LogP contribution in [0.2, 0.25) is 0 Å². The number of para-hydroxylation sites is 1. The van der Waals surface area contributed by atoms with Crippen molar-refractivity contribution in [2.45, 2.75) is 45.2 Å². The Morgan fingerprint density at radius 3 is 2.56 bits per heavy atom. The first-order chi connectivity index (χ1) is 8.52. The Kier molecular flexibility index (Phi) is 3.55. The molecule has 0 aliphatic carbocycles. The van der Waals surface area contributed by atoms with E-state index in [-0.39, 0.29) is 29.2 Å².